The molecule has 0 aliphatic rings. The molecule has 0 saturated carbocycles. The minimum atomic E-state index is -5.16. The van der Waals surface area contributed by atoms with Gasteiger partial charge in [-0.25, -0.2) is 14.4 Å². The van der Waals surface area contributed by atoms with Gasteiger partial charge in [0.2, 0.25) is 5.95 Å². The van der Waals surface area contributed by atoms with Gasteiger partial charge < -0.3 is 0 Å². The first kappa shape index (κ1) is 30.5. The van der Waals surface area contributed by atoms with Crippen molar-refractivity contribution >= 4 is 52.5 Å². The second-order valence-electron chi connectivity index (χ2n) is 7.82. The van der Waals surface area contributed by atoms with Crippen molar-refractivity contribution in [3.05, 3.63) is 92.2 Å². The molecule has 1 N–H and O–H groups in total. The molecule has 0 aliphatic heterocycles. The predicted molar refractivity (Wildman–Crippen MR) is 133 cm³/mol. The smallest absolute Gasteiger partial charge is 0.267 e. The van der Waals surface area contributed by atoms with Crippen LogP contribution in [0.15, 0.2) is 54.9 Å². The van der Waals surface area contributed by atoms with Crippen LogP contribution in [-0.4, -0.2) is 28.6 Å². The van der Waals surface area contributed by atoms with Crippen LogP contribution in [0.5, 0.6) is 0 Å². The number of hydrogen-bond donors (Lipinski definition) is 1. The molecule has 1 aromatic heterocycles. The van der Waals surface area contributed by atoms with Crippen LogP contribution in [-0.2, 0) is 6.18 Å². The maximum Gasteiger partial charge on any atom is 0.417 e. The number of rotatable bonds is 7. The highest BCUT2D eigenvalue weighted by molar-refractivity contribution is 6.48. The normalized spacial score (nSPS) is 13.3. The van der Waals surface area contributed by atoms with Crippen LogP contribution in [0.25, 0.3) is 5.83 Å². The molecule has 2 aromatic carbocycles. The van der Waals surface area contributed by atoms with Crippen molar-refractivity contribution in [2.24, 2.45) is 0 Å². The van der Waals surface area contributed by atoms with Crippen LogP contribution in [0, 0.1) is 0 Å². The van der Waals surface area contributed by atoms with Crippen molar-refractivity contribution in [3.63, 3.8) is 0 Å². The average molecular weight is 616 g/mol. The minimum absolute atomic E-state index is 0.00638. The molecule has 0 radical (unpaired) electrons. The summed E-state index contributed by atoms with van der Waals surface area (Å²) in [7, 11) is 0. The van der Waals surface area contributed by atoms with E-state index in [-0.39, 0.29) is 39.7 Å². The van der Waals surface area contributed by atoms with Gasteiger partial charge in [-0.05, 0) is 48.9 Å². The molecule has 0 bridgehead atoms. The Morgan fingerprint density at radius 3 is 2.13 bits per heavy atom. The Balaban J connectivity index is 2.02. The molecule has 3 aromatic rings. The second-order valence-corrected chi connectivity index (χ2v) is 9.02. The number of alkyl halides is 6. The van der Waals surface area contributed by atoms with E-state index in [0.717, 1.165) is 23.2 Å². The van der Waals surface area contributed by atoms with Crippen LogP contribution in [0.3, 0.4) is 0 Å². The molecule has 39 heavy (non-hydrogen) atoms. The van der Waals surface area contributed by atoms with E-state index in [1.807, 2.05) is 0 Å². The van der Waals surface area contributed by atoms with Crippen molar-refractivity contribution < 1.29 is 35.5 Å². The van der Waals surface area contributed by atoms with Crippen LogP contribution < -0.4 is 10.4 Å². The van der Waals surface area contributed by atoms with Crippen molar-refractivity contribution in [2.45, 2.75) is 25.2 Å². The van der Waals surface area contributed by atoms with E-state index in [1.54, 1.807) is 6.92 Å². The Morgan fingerprint density at radius 1 is 1.03 bits per heavy atom. The Bertz CT molecular complexity index is 1360. The zero-order valence-corrected chi connectivity index (χ0v) is 21.8. The van der Waals surface area contributed by atoms with Gasteiger partial charge in [0.25, 0.3) is 5.91 Å². The van der Waals surface area contributed by atoms with Gasteiger partial charge in [-0.2, -0.15) is 26.3 Å². The summed E-state index contributed by atoms with van der Waals surface area (Å²) in [6.07, 6.45) is -7.46. The summed E-state index contributed by atoms with van der Waals surface area (Å²) in [5.74, 6) is -5.50. The molecular formula is C24H16Cl3F7N4O. The van der Waals surface area contributed by atoms with Crippen LogP contribution >= 0.6 is 34.8 Å². The number of carbonyl (C=O) groups excluding carboxylic acids is 1. The number of nitrogens with one attached hydrogen (secondary N) is 1. The second kappa shape index (κ2) is 12.0. The van der Waals surface area contributed by atoms with E-state index < -0.39 is 52.3 Å². The zero-order chi connectivity index (χ0) is 29.1. The van der Waals surface area contributed by atoms with Gasteiger partial charge in [-0.1, -0.05) is 40.9 Å². The molecule has 1 heterocycles. The largest absolute Gasteiger partial charge is 0.417 e. The lowest BCUT2D eigenvalue weighted by molar-refractivity contribution is -0.140. The molecule has 5 nitrogen and oxygen atoms in total. The number of amides is 1. The number of anilines is 1. The summed E-state index contributed by atoms with van der Waals surface area (Å²) in [5, 5.41) is 0.183. The van der Waals surface area contributed by atoms with E-state index in [9.17, 15) is 31.1 Å². The Hall–Kier alpha value is -3.09. The molecule has 208 valence electrons. The molecule has 0 spiro atoms. The van der Waals surface area contributed by atoms with Crippen molar-refractivity contribution in [1.82, 2.24) is 15.4 Å². The van der Waals surface area contributed by atoms with Gasteiger partial charge in [-0.3, -0.25) is 15.2 Å². The first-order chi connectivity index (χ1) is 18.1. The SMILES string of the molecule is CCN(NC(=O)c1ccc(C(F)=CC(c2cc(Cl)c(Cl)c(Cl)c2)C(F)(F)F)cc1C(F)(F)F)c1ncccn1. The molecule has 3 rings (SSSR count). The molecule has 0 saturated heterocycles. The van der Waals surface area contributed by atoms with E-state index in [0.29, 0.717) is 6.07 Å². The number of hydrazine groups is 1. The predicted octanol–water partition coefficient (Wildman–Crippen LogP) is 8.28. The van der Waals surface area contributed by atoms with Crippen molar-refractivity contribution in [3.8, 4) is 0 Å². The molecule has 1 unspecified atom stereocenters. The quantitative estimate of drug-likeness (QED) is 0.165. The zero-order valence-electron chi connectivity index (χ0n) is 19.5. The third-order valence-electron chi connectivity index (χ3n) is 5.22. The number of halogens is 10. The summed E-state index contributed by atoms with van der Waals surface area (Å²) < 4.78 is 98.0. The lowest BCUT2D eigenvalue weighted by Gasteiger charge is -2.22. The van der Waals surface area contributed by atoms with E-state index >= 15 is 4.39 Å². The van der Waals surface area contributed by atoms with E-state index in [1.165, 1.54) is 18.5 Å². The van der Waals surface area contributed by atoms with Gasteiger partial charge in [0.1, 0.15) is 11.7 Å². The fourth-order valence-corrected chi connectivity index (χ4v) is 4.00. The summed E-state index contributed by atoms with van der Waals surface area (Å²) >= 11 is 17.4. The summed E-state index contributed by atoms with van der Waals surface area (Å²) in [6.45, 7) is 1.65. The molecule has 1 amide bonds. The van der Waals surface area contributed by atoms with Gasteiger partial charge in [-0.15, -0.1) is 0 Å². The lowest BCUT2D eigenvalue weighted by Crippen LogP contribution is -2.43. The van der Waals surface area contributed by atoms with Gasteiger partial charge in [0.15, 0.2) is 0 Å². The molecule has 0 fully saturated rings. The highest BCUT2D eigenvalue weighted by Crippen LogP contribution is 2.42. The molecule has 1 atom stereocenters. The Kier molecular flexibility index (Phi) is 9.35. The molecule has 15 heteroatoms. The molecular weight excluding hydrogens is 600 g/mol. The number of nitrogens with zero attached hydrogens (tertiary/aromatic N) is 3. The highest BCUT2D eigenvalue weighted by atomic mass is 35.5. The van der Waals surface area contributed by atoms with Crippen LogP contribution in [0.2, 0.25) is 15.1 Å². The Morgan fingerprint density at radius 2 is 1.62 bits per heavy atom. The third kappa shape index (κ3) is 7.31. The van der Waals surface area contributed by atoms with E-state index in [2.05, 4.69) is 15.4 Å². The summed E-state index contributed by atoms with van der Waals surface area (Å²) in [4.78, 5) is 20.5. The third-order valence-corrected chi connectivity index (χ3v) is 6.42. The summed E-state index contributed by atoms with van der Waals surface area (Å²) in [6, 6.07) is 4.77. The Labute approximate surface area is 232 Å². The minimum Gasteiger partial charge on any atom is -0.267 e. The van der Waals surface area contributed by atoms with E-state index in [4.69, 9.17) is 34.8 Å². The van der Waals surface area contributed by atoms with Crippen molar-refractivity contribution in [1.29, 1.82) is 0 Å². The number of aromatic nitrogens is 2. The van der Waals surface area contributed by atoms with Crippen molar-refractivity contribution in [2.75, 3.05) is 11.6 Å². The first-order valence-electron chi connectivity index (χ1n) is 10.8. The fraction of sp³-hybridized carbons (Fsp3) is 0.208. The number of allylic oxidation sites excluding steroid dienone is 1. The van der Waals surface area contributed by atoms with Gasteiger partial charge in [0, 0.05) is 24.5 Å². The van der Waals surface area contributed by atoms with Crippen LogP contribution in [0.1, 0.15) is 39.9 Å². The van der Waals surface area contributed by atoms with Gasteiger partial charge in [0.05, 0.1) is 26.2 Å². The molecule has 0 aliphatic carbocycles. The van der Waals surface area contributed by atoms with Gasteiger partial charge >= 0.3 is 12.4 Å². The maximum atomic E-state index is 15.0. The average Bonchev–Trinajstić information content (AvgIpc) is 2.87. The maximum absolute atomic E-state index is 15.0. The number of hydrogen-bond acceptors (Lipinski definition) is 4. The monoisotopic (exact) mass is 614 g/mol. The lowest BCUT2D eigenvalue weighted by atomic mass is 9.95. The fourth-order valence-electron chi connectivity index (χ4n) is 3.39. The highest BCUT2D eigenvalue weighted by Gasteiger charge is 2.41. The number of benzene rings is 2. The van der Waals surface area contributed by atoms with Crippen LogP contribution in [0.4, 0.5) is 36.7 Å². The standard InChI is InChI=1S/C24H16Cl3F7N4O/c1-2-38(22-35-6-3-7-36-22)37-21(39)14-5-4-12(8-16(14)24(32,33)34)19(28)11-15(23(29,30)31)13-9-17(25)20(27)18(26)10-13/h3-11,15H,2H2,1H3,(H,37,39). The number of carbonyl (C=O) groups is 1. The topological polar surface area (TPSA) is 58.1 Å². The first-order valence-corrected chi connectivity index (χ1v) is 11.9. The summed E-state index contributed by atoms with van der Waals surface area (Å²) in [5.41, 5.74) is -1.70.